The van der Waals surface area contributed by atoms with E-state index in [2.05, 4.69) is 4.74 Å². The van der Waals surface area contributed by atoms with E-state index in [4.69, 9.17) is 10.00 Å². The first-order valence-corrected chi connectivity index (χ1v) is 5.98. The molecule has 0 aromatic heterocycles. The molecule has 0 radical (unpaired) electrons. The Balaban J connectivity index is 2.63. The van der Waals surface area contributed by atoms with Gasteiger partial charge in [0.05, 0.1) is 18.7 Å². The number of halogens is 4. The normalized spacial score (nSPS) is 10.9. The van der Waals surface area contributed by atoms with Crippen LogP contribution in [0.5, 0.6) is 11.5 Å². The van der Waals surface area contributed by atoms with E-state index >= 15 is 0 Å². The third-order valence-electron chi connectivity index (χ3n) is 2.81. The maximum atomic E-state index is 14.2. The molecule has 0 saturated carbocycles. The second kappa shape index (κ2) is 5.93. The molecule has 3 nitrogen and oxygen atoms in total. The van der Waals surface area contributed by atoms with Crippen molar-refractivity contribution in [3.8, 4) is 28.7 Å². The van der Waals surface area contributed by atoms with Gasteiger partial charge >= 0.3 is 6.36 Å². The number of benzene rings is 2. The fourth-order valence-corrected chi connectivity index (χ4v) is 1.90. The Morgan fingerprint density at radius 2 is 1.77 bits per heavy atom. The average molecular weight is 311 g/mol. The molecule has 0 aliphatic carbocycles. The number of ether oxygens (including phenoxy) is 2. The summed E-state index contributed by atoms with van der Waals surface area (Å²) in [6.07, 6.45) is -4.96. The summed E-state index contributed by atoms with van der Waals surface area (Å²) in [5.41, 5.74) is -0.290. The van der Waals surface area contributed by atoms with Crippen LogP contribution in [-0.4, -0.2) is 13.5 Å². The van der Waals surface area contributed by atoms with Gasteiger partial charge in [-0.2, -0.15) is 5.26 Å². The summed E-state index contributed by atoms with van der Waals surface area (Å²) in [5, 5.41) is 8.78. The Kier molecular flexibility index (Phi) is 4.22. The van der Waals surface area contributed by atoms with Gasteiger partial charge in [-0.05, 0) is 24.3 Å². The van der Waals surface area contributed by atoms with Crippen molar-refractivity contribution in [3.05, 3.63) is 47.8 Å². The molecule has 7 heteroatoms. The van der Waals surface area contributed by atoms with Gasteiger partial charge in [-0.15, -0.1) is 13.2 Å². The lowest BCUT2D eigenvalue weighted by Gasteiger charge is -2.15. The quantitative estimate of drug-likeness (QED) is 0.795. The lowest BCUT2D eigenvalue weighted by atomic mass is 10.0. The van der Waals surface area contributed by atoms with Gasteiger partial charge < -0.3 is 9.47 Å². The van der Waals surface area contributed by atoms with Crippen LogP contribution in [0.2, 0.25) is 0 Å². The smallest absolute Gasteiger partial charge is 0.494 e. The molecule has 0 saturated heterocycles. The summed E-state index contributed by atoms with van der Waals surface area (Å²) in [6, 6.07) is 9.15. The summed E-state index contributed by atoms with van der Waals surface area (Å²) >= 11 is 0. The van der Waals surface area contributed by atoms with E-state index in [1.54, 1.807) is 6.07 Å². The van der Waals surface area contributed by atoms with E-state index in [0.29, 0.717) is 0 Å². The van der Waals surface area contributed by atoms with Crippen molar-refractivity contribution in [1.29, 1.82) is 5.26 Å². The Morgan fingerprint density at radius 1 is 1.05 bits per heavy atom. The van der Waals surface area contributed by atoms with E-state index in [9.17, 15) is 17.6 Å². The zero-order valence-corrected chi connectivity index (χ0v) is 11.2. The fraction of sp³-hybridized carbons (Fsp3) is 0.133. The van der Waals surface area contributed by atoms with Gasteiger partial charge in [-0.3, -0.25) is 0 Å². The molecule has 0 aliphatic heterocycles. The summed E-state index contributed by atoms with van der Waals surface area (Å²) in [4.78, 5) is 0. The lowest BCUT2D eigenvalue weighted by Crippen LogP contribution is -2.17. The molecule has 2 aromatic rings. The third kappa shape index (κ3) is 3.28. The summed E-state index contributed by atoms with van der Waals surface area (Å²) < 4.78 is 60.4. The molecule has 114 valence electrons. The molecule has 22 heavy (non-hydrogen) atoms. The lowest BCUT2D eigenvalue weighted by molar-refractivity contribution is -0.274. The molecule has 0 N–H and O–H groups in total. The number of hydrogen-bond acceptors (Lipinski definition) is 3. The first kappa shape index (κ1) is 15.6. The zero-order chi connectivity index (χ0) is 16.3. The third-order valence-corrected chi connectivity index (χ3v) is 2.81. The Morgan fingerprint density at radius 3 is 2.36 bits per heavy atom. The average Bonchev–Trinajstić information content (AvgIpc) is 2.46. The van der Waals surface area contributed by atoms with E-state index in [0.717, 1.165) is 6.07 Å². The van der Waals surface area contributed by atoms with Crippen molar-refractivity contribution >= 4 is 0 Å². The van der Waals surface area contributed by atoms with E-state index in [1.807, 2.05) is 0 Å². The highest BCUT2D eigenvalue weighted by atomic mass is 19.4. The number of methoxy groups -OCH3 is 1. The maximum Gasteiger partial charge on any atom is 0.573 e. The van der Waals surface area contributed by atoms with E-state index in [-0.39, 0.29) is 22.4 Å². The van der Waals surface area contributed by atoms with Gasteiger partial charge in [0.2, 0.25) is 0 Å². The van der Waals surface area contributed by atoms with Gasteiger partial charge in [0.25, 0.3) is 0 Å². The molecule has 0 aliphatic rings. The number of hydrogen-bond donors (Lipinski definition) is 0. The highest BCUT2D eigenvalue weighted by molar-refractivity contribution is 5.73. The number of alkyl halides is 3. The summed E-state index contributed by atoms with van der Waals surface area (Å²) in [5.74, 6) is -1.58. The molecule has 0 unspecified atom stereocenters. The summed E-state index contributed by atoms with van der Waals surface area (Å²) in [7, 11) is 1.24. The molecule has 0 bridgehead atoms. The zero-order valence-electron chi connectivity index (χ0n) is 11.2. The fourth-order valence-electron chi connectivity index (χ4n) is 1.90. The van der Waals surface area contributed by atoms with Crippen molar-refractivity contribution in [2.45, 2.75) is 6.36 Å². The van der Waals surface area contributed by atoms with Crippen molar-refractivity contribution in [2.75, 3.05) is 7.11 Å². The minimum absolute atomic E-state index is 0.0358. The van der Waals surface area contributed by atoms with Crippen LogP contribution in [0.4, 0.5) is 17.6 Å². The number of nitrogens with zero attached hydrogens (tertiary/aromatic N) is 1. The van der Waals surface area contributed by atoms with Gasteiger partial charge in [0, 0.05) is 11.1 Å². The Hall–Kier alpha value is -2.75. The first-order valence-electron chi connectivity index (χ1n) is 5.98. The predicted octanol–water partition coefficient (Wildman–Crippen LogP) is 4.27. The van der Waals surface area contributed by atoms with Crippen LogP contribution < -0.4 is 9.47 Å². The predicted molar refractivity (Wildman–Crippen MR) is 69.8 cm³/mol. The largest absolute Gasteiger partial charge is 0.573 e. The van der Waals surface area contributed by atoms with Crippen LogP contribution in [0.1, 0.15) is 5.56 Å². The van der Waals surface area contributed by atoms with Gasteiger partial charge in [0.1, 0.15) is 5.75 Å². The van der Waals surface area contributed by atoms with Crippen LogP contribution in [0, 0.1) is 17.1 Å². The van der Waals surface area contributed by atoms with E-state index < -0.39 is 17.9 Å². The molecule has 0 spiro atoms. The molecular weight excluding hydrogens is 302 g/mol. The molecule has 0 fully saturated rings. The van der Waals surface area contributed by atoms with E-state index in [1.165, 1.54) is 37.4 Å². The molecule has 0 amide bonds. The molecule has 2 rings (SSSR count). The Labute approximate surface area is 123 Å². The minimum Gasteiger partial charge on any atom is -0.494 e. The standard InChI is InChI=1S/C15H9F4NO2/c1-21-12-4-2-3-11(14(12)16)10-6-5-9(8-20)7-13(10)22-15(17,18)19/h2-7H,1H3. The minimum atomic E-state index is -4.96. The van der Waals surface area contributed by atoms with Gasteiger partial charge in [0.15, 0.2) is 11.6 Å². The molecule has 0 heterocycles. The van der Waals surface area contributed by atoms with Crippen LogP contribution in [0.15, 0.2) is 36.4 Å². The SMILES string of the molecule is COc1cccc(-c2ccc(C#N)cc2OC(F)(F)F)c1F. The highest BCUT2D eigenvalue weighted by Gasteiger charge is 2.32. The van der Waals surface area contributed by atoms with Crippen LogP contribution >= 0.6 is 0 Å². The number of rotatable bonds is 3. The second-order valence-corrected chi connectivity index (χ2v) is 4.19. The molecule has 0 atom stereocenters. The van der Waals surface area contributed by atoms with Crippen LogP contribution in [0.25, 0.3) is 11.1 Å². The molecular formula is C15H9F4NO2. The monoisotopic (exact) mass is 311 g/mol. The molecule has 2 aromatic carbocycles. The van der Waals surface area contributed by atoms with Crippen LogP contribution in [-0.2, 0) is 0 Å². The summed E-state index contributed by atoms with van der Waals surface area (Å²) in [6.45, 7) is 0. The Bertz CT molecular complexity index is 735. The second-order valence-electron chi connectivity index (χ2n) is 4.19. The van der Waals surface area contributed by atoms with Crippen molar-refractivity contribution < 1.29 is 27.0 Å². The van der Waals surface area contributed by atoms with Crippen molar-refractivity contribution in [1.82, 2.24) is 0 Å². The van der Waals surface area contributed by atoms with Crippen molar-refractivity contribution in [3.63, 3.8) is 0 Å². The van der Waals surface area contributed by atoms with Gasteiger partial charge in [-0.25, -0.2) is 4.39 Å². The number of nitriles is 1. The topological polar surface area (TPSA) is 42.2 Å². The highest BCUT2D eigenvalue weighted by Crippen LogP contribution is 2.37. The first-order chi connectivity index (χ1) is 10.4. The van der Waals surface area contributed by atoms with Crippen LogP contribution in [0.3, 0.4) is 0 Å². The maximum absolute atomic E-state index is 14.2. The van der Waals surface area contributed by atoms with Gasteiger partial charge in [-0.1, -0.05) is 12.1 Å². The van der Waals surface area contributed by atoms with Crippen molar-refractivity contribution in [2.24, 2.45) is 0 Å².